The van der Waals surface area contributed by atoms with Gasteiger partial charge in [-0.05, 0) is 75.4 Å². The van der Waals surface area contributed by atoms with Crippen molar-refractivity contribution in [3.63, 3.8) is 0 Å². The molecule has 3 amide bonds. The first kappa shape index (κ1) is 33.1. The molecule has 5 atom stereocenters. The van der Waals surface area contributed by atoms with Crippen LogP contribution in [0.5, 0.6) is 5.75 Å². The Balaban J connectivity index is 1.52. The molecule has 3 heterocycles. The third-order valence-electron chi connectivity index (χ3n) is 9.13. The molecule has 3 aliphatic rings. The number of aliphatic hydroxyl groups excluding tert-OH is 1. The molecule has 3 aliphatic heterocycles. The third kappa shape index (κ3) is 6.14. The van der Waals surface area contributed by atoms with Gasteiger partial charge in [0.1, 0.15) is 11.8 Å². The number of para-hydroxylation sites is 1. The molecular weight excluding hydrogens is 610 g/mol. The summed E-state index contributed by atoms with van der Waals surface area (Å²) in [6, 6.07) is 13.8. The van der Waals surface area contributed by atoms with Crippen LogP contribution >= 0.6 is 23.4 Å². The molecular formula is C35H42ClN3O5S. The number of thioether (sulfide) groups is 1. The van der Waals surface area contributed by atoms with E-state index in [1.54, 1.807) is 50.7 Å². The average molecular weight is 652 g/mol. The van der Waals surface area contributed by atoms with Crippen molar-refractivity contribution in [2.24, 2.45) is 11.8 Å². The molecule has 3 fully saturated rings. The van der Waals surface area contributed by atoms with Crippen molar-refractivity contribution in [2.45, 2.75) is 55.1 Å². The summed E-state index contributed by atoms with van der Waals surface area (Å²) in [4.78, 5) is 48.8. The zero-order valence-electron chi connectivity index (χ0n) is 25.8. The fraction of sp³-hybridized carbons (Fsp3) is 0.457. The van der Waals surface area contributed by atoms with Gasteiger partial charge in [-0.15, -0.1) is 24.9 Å². The lowest BCUT2D eigenvalue weighted by Gasteiger charge is -2.38. The molecule has 3 saturated heterocycles. The van der Waals surface area contributed by atoms with Gasteiger partial charge in [-0.25, -0.2) is 0 Å². The molecule has 2 aromatic carbocycles. The van der Waals surface area contributed by atoms with Gasteiger partial charge in [0.15, 0.2) is 0 Å². The van der Waals surface area contributed by atoms with Crippen molar-refractivity contribution in [3.8, 4) is 5.75 Å². The van der Waals surface area contributed by atoms with Gasteiger partial charge >= 0.3 is 0 Å². The van der Waals surface area contributed by atoms with E-state index in [1.807, 2.05) is 43.3 Å². The number of amides is 3. The van der Waals surface area contributed by atoms with Gasteiger partial charge in [-0.2, -0.15) is 0 Å². The quantitative estimate of drug-likeness (QED) is 0.195. The lowest BCUT2D eigenvalue weighted by Crippen LogP contribution is -2.55. The Hall–Kier alpha value is -3.27. The summed E-state index contributed by atoms with van der Waals surface area (Å²) in [5.74, 6) is -0.974. The van der Waals surface area contributed by atoms with Crippen molar-refractivity contribution < 1.29 is 24.2 Å². The summed E-state index contributed by atoms with van der Waals surface area (Å²) >= 11 is 8.23. The second-order valence-corrected chi connectivity index (χ2v) is 13.7. The lowest BCUT2D eigenvalue weighted by atomic mass is 9.70. The number of likely N-dealkylation sites (tertiary alicyclic amines) is 1. The molecule has 8 nitrogen and oxygen atoms in total. The largest absolute Gasteiger partial charge is 0.494 e. The van der Waals surface area contributed by atoms with Crippen molar-refractivity contribution >= 4 is 52.5 Å². The van der Waals surface area contributed by atoms with Crippen LogP contribution in [0, 0.1) is 11.8 Å². The van der Waals surface area contributed by atoms with Gasteiger partial charge in [-0.3, -0.25) is 14.4 Å². The number of nitrogens with zero attached hydrogens (tertiary/aromatic N) is 3. The van der Waals surface area contributed by atoms with Gasteiger partial charge in [0.2, 0.25) is 11.8 Å². The van der Waals surface area contributed by atoms with Crippen LogP contribution in [0.1, 0.15) is 39.0 Å². The van der Waals surface area contributed by atoms with Crippen LogP contribution in [0.25, 0.3) is 0 Å². The minimum absolute atomic E-state index is 0.0707. The smallest absolute Gasteiger partial charge is 0.251 e. The molecule has 2 unspecified atom stereocenters. The number of rotatable bonds is 15. The summed E-state index contributed by atoms with van der Waals surface area (Å²) in [6.45, 7) is 11.2. The number of unbranched alkanes of at least 4 members (excludes halogenated alkanes) is 2. The maximum absolute atomic E-state index is 14.7. The molecule has 1 N–H and O–H groups in total. The molecule has 240 valence electrons. The summed E-state index contributed by atoms with van der Waals surface area (Å²) in [5, 5.41) is 9.71. The van der Waals surface area contributed by atoms with Crippen LogP contribution in [0.4, 0.5) is 11.4 Å². The van der Waals surface area contributed by atoms with Crippen molar-refractivity contribution in [3.05, 3.63) is 78.9 Å². The van der Waals surface area contributed by atoms with Gasteiger partial charge in [0.05, 0.1) is 33.9 Å². The Labute approximate surface area is 275 Å². The summed E-state index contributed by atoms with van der Waals surface area (Å²) < 4.78 is 4.86. The van der Waals surface area contributed by atoms with Gasteiger partial charge in [-0.1, -0.05) is 35.9 Å². The Morgan fingerprint density at radius 3 is 2.44 bits per heavy atom. The van der Waals surface area contributed by atoms with Crippen molar-refractivity contribution in [2.75, 3.05) is 42.6 Å². The first-order chi connectivity index (χ1) is 21.8. The molecule has 0 radical (unpaired) electrons. The number of carbonyl (C=O) groups is 3. The Morgan fingerprint density at radius 2 is 1.78 bits per heavy atom. The molecule has 5 rings (SSSR count). The van der Waals surface area contributed by atoms with Crippen LogP contribution in [0.3, 0.4) is 0 Å². The molecule has 2 aromatic rings. The first-order valence-electron chi connectivity index (χ1n) is 15.7. The number of hydrogen-bond acceptors (Lipinski definition) is 6. The molecule has 0 aliphatic carbocycles. The van der Waals surface area contributed by atoms with Gasteiger partial charge in [0, 0.05) is 37.2 Å². The van der Waals surface area contributed by atoms with Gasteiger partial charge in [0.25, 0.3) is 5.91 Å². The summed E-state index contributed by atoms with van der Waals surface area (Å²) in [6.07, 6.45) is 6.75. The monoisotopic (exact) mass is 651 g/mol. The van der Waals surface area contributed by atoms with E-state index in [0.717, 1.165) is 12.8 Å². The molecule has 0 saturated carbocycles. The maximum Gasteiger partial charge on any atom is 0.251 e. The summed E-state index contributed by atoms with van der Waals surface area (Å²) in [5.41, 5.74) is 1.27. The lowest BCUT2D eigenvalue weighted by molar-refractivity contribution is -0.139. The second-order valence-electron chi connectivity index (χ2n) is 11.7. The molecule has 2 bridgehead atoms. The third-order valence-corrected chi connectivity index (χ3v) is 11.4. The van der Waals surface area contributed by atoms with E-state index in [9.17, 15) is 19.5 Å². The van der Waals surface area contributed by atoms with Crippen molar-refractivity contribution in [1.82, 2.24) is 4.90 Å². The SMILES string of the molecule is C=CCN(C(=O)[C@@H]1[C@@H]2CCC3(S2)C(C(=O)N(CC=C)c2ccccc2Cl)N(CCCCCO)C(=O)[C@H]13)c1ccc(OCC)cc1. The number of aliphatic hydroxyl groups is 1. The van der Waals surface area contributed by atoms with E-state index in [4.69, 9.17) is 16.3 Å². The molecule has 45 heavy (non-hydrogen) atoms. The predicted molar refractivity (Wildman–Crippen MR) is 181 cm³/mol. The number of benzene rings is 2. The van der Waals surface area contributed by atoms with E-state index >= 15 is 0 Å². The summed E-state index contributed by atoms with van der Waals surface area (Å²) in [7, 11) is 0. The highest BCUT2D eigenvalue weighted by Crippen LogP contribution is 2.67. The zero-order chi connectivity index (χ0) is 32.1. The molecule has 10 heteroatoms. The van der Waals surface area contributed by atoms with Crippen LogP contribution in [0.15, 0.2) is 73.8 Å². The highest BCUT2D eigenvalue weighted by molar-refractivity contribution is 8.02. The average Bonchev–Trinajstić information content (AvgIpc) is 3.68. The van der Waals surface area contributed by atoms with E-state index < -0.39 is 22.6 Å². The van der Waals surface area contributed by atoms with Gasteiger partial charge < -0.3 is 24.5 Å². The van der Waals surface area contributed by atoms with E-state index in [1.165, 1.54) is 0 Å². The topological polar surface area (TPSA) is 90.4 Å². The van der Waals surface area contributed by atoms with Crippen LogP contribution < -0.4 is 14.5 Å². The fourth-order valence-corrected chi connectivity index (χ4v) is 9.74. The fourth-order valence-electron chi connectivity index (χ4n) is 7.30. The first-order valence-corrected chi connectivity index (χ1v) is 17.0. The number of fused-ring (bicyclic) bond motifs is 1. The molecule has 1 spiro atoms. The van der Waals surface area contributed by atoms with Crippen LogP contribution in [-0.4, -0.2) is 76.6 Å². The number of hydrogen-bond donors (Lipinski definition) is 1. The number of ether oxygens (including phenoxy) is 1. The Morgan fingerprint density at radius 1 is 1.07 bits per heavy atom. The van der Waals surface area contributed by atoms with E-state index in [0.29, 0.717) is 61.1 Å². The zero-order valence-corrected chi connectivity index (χ0v) is 27.3. The van der Waals surface area contributed by atoms with Crippen molar-refractivity contribution in [1.29, 1.82) is 0 Å². The normalized spacial score (nSPS) is 24.8. The van der Waals surface area contributed by atoms with Crippen LogP contribution in [-0.2, 0) is 14.4 Å². The minimum Gasteiger partial charge on any atom is -0.494 e. The Bertz CT molecular complexity index is 1420. The number of carbonyl (C=O) groups excluding carboxylic acids is 3. The number of halogens is 1. The highest BCUT2D eigenvalue weighted by atomic mass is 35.5. The van der Waals surface area contributed by atoms with E-state index in [-0.39, 0.29) is 36.1 Å². The maximum atomic E-state index is 14.7. The Kier molecular flexibility index (Phi) is 10.6. The predicted octanol–water partition coefficient (Wildman–Crippen LogP) is 5.73. The van der Waals surface area contributed by atoms with E-state index in [2.05, 4.69) is 13.2 Å². The van der Waals surface area contributed by atoms with Crippen LogP contribution in [0.2, 0.25) is 5.02 Å². The number of anilines is 2. The second kappa shape index (κ2) is 14.4. The molecule has 0 aromatic heterocycles. The highest BCUT2D eigenvalue weighted by Gasteiger charge is 2.74. The standard InChI is InChI=1S/C35H42ClN3O5S/c1-4-20-37(24-14-16-25(17-15-24)44-6-3)32(41)29-28-18-19-35(45-28)30(29)33(42)39(22-10-7-11-23-40)31(35)34(43)38(21-5-2)27-13-9-8-12-26(27)36/h4-5,8-9,12-17,28-31,40H,1-2,6-7,10-11,18-23H2,3H3/t28-,29+,30-,31?,35?/m0/s1. The minimum atomic E-state index is -0.758.